The quantitative estimate of drug-likeness (QED) is 0.729. The summed E-state index contributed by atoms with van der Waals surface area (Å²) in [5.41, 5.74) is 8.08. The fraction of sp³-hybridized carbons (Fsp3) is 0.562. The molecule has 0 amide bonds. The number of nitrogens with one attached hydrogen (secondary N) is 1. The summed E-state index contributed by atoms with van der Waals surface area (Å²) in [7, 11) is 0. The molecule has 25 heavy (non-hydrogen) atoms. The Morgan fingerprint density at radius 2 is 2.04 bits per heavy atom. The van der Waals surface area contributed by atoms with Crippen LogP contribution < -0.4 is 10.6 Å². The van der Waals surface area contributed by atoms with E-state index in [1.165, 1.54) is 0 Å². The van der Waals surface area contributed by atoms with E-state index in [9.17, 15) is 0 Å². The highest BCUT2D eigenvalue weighted by Crippen LogP contribution is 2.26. The Balaban J connectivity index is 1.40. The van der Waals surface area contributed by atoms with Crippen molar-refractivity contribution in [3.8, 4) is 0 Å². The number of nitrogens with two attached hydrogens (primary N) is 1. The van der Waals surface area contributed by atoms with Crippen LogP contribution in [0.5, 0.6) is 0 Å². The first-order chi connectivity index (χ1) is 12.0. The van der Waals surface area contributed by atoms with E-state index < -0.39 is 5.54 Å². The molecule has 9 nitrogen and oxygen atoms in total. The molecule has 0 spiro atoms. The predicted octanol–water partition coefficient (Wildman–Crippen LogP) is 1.05. The summed E-state index contributed by atoms with van der Waals surface area (Å²) in [6.45, 7) is 6.68. The third-order valence-electron chi connectivity index (χ3n) is 4.76. The normalized spacial score (nSPS) is 16.7. The molecule has 3 aromatic heterocycles. The lowest BCUT2D eigenvalue weighted by molar-refractivity contribution is 0.338. The molecular weight excluding hydrogens is 318 g/mol. The number of anilines is 1. The molecule has 0 aromatic carbocycles. The number of nitrogens with zero attached hydrogens (tertiary/aromatic N) is 7. The van der Waals surface area contributed by atoms with Gasteiger partial charge in [-0.25, -0.2) is 15.0 Å². The van der Waals surface area contributed by atoms with Gasteiger partial charge in [0.2, 0.25) is 0 Å². The number of imidazole rings is 1. The number of aromatic nitrogens is 7. The van der Waals surface area contributed by atoms with Crippen LogP contribution >= 0.6 is 0 Å². The standard InChI is InChI=1S/C16H23N9/c1-16(2,17)12-8-25(23-22-12)7-11-3-5-24(6-4-11)15-13-14(19-9-18-13)20-10-21-15/h8-11H,3-7,17H2,1-2H3,(H,18,19,20,21). The third kappa shape index (κ3) is 3.19. The molecule has 0 atom stereocenters. The lowest BCUT2D eigenvalue weighted by Crippen LogP contribution is -2.35. The van der Waals surface area contributed by atoms with Crippen LogP contribution in [0.4, 0.5) is 5.82 Å². The van der Waals surface area contributed by atoms with Crippen molar-refractivity contribution in [1.82, 2.24) is 34.9 Å². The fourth-order valence-corrected chi connectivity index (χ4v) is 3.27. The molecule has 4 heterocycles. The van der Waals surface area contributed by atoms with Crippen LogP contribution in [-0.2, 0) is 12.1 Å². The van der Waals surface area contributed by atoms with Crippen molar-refractivity contribution < 1.29 is 0 Å². The second kappa shape index (κ2) is 6.07. The molecule has 1 fully saturated rings. The van der Waals surface area contributed by atoms with E-state index in [4.69, 9.17) is 5.73 Å². The van der Waals surface area contributed by atoms with Crippen molar-refractivity contribution >= 4 is 17.0 Å². The van der Waals surface area contributed by atoms with Gasteiger partial charge in [-0.3, -0.25) is 4.68 Å². The molecular formula is C16H23N9. The van der Waals surface area contributed by atoms with E-state index in [2.05, 4.69) is 35.1 Å². The fourth-order valence-electron chi connectivity index (χ4n) is 3.27. The highest BCUT2D eigenvalue weighted by Gasteiger charge is 2.24. The molecule has 4 rings (SSSR count). The maximum Gasteiger partial charge on any atom is 0.182 e. The summed E-state index contributed by atoms with van der Waals surface area (Å²) in [4.78, 5) is 18.3. The number of hydrogen-bond acceptors (Lipinski definition) is 7. The molecule has 132 valence electrons. The zero-order valence-electron chi connectivity index (χ0n) is 14.6. The predicted molar refractivity (Wildman–Crippen MR) is 93.9 cm³/mol. The summed E-state index contributed by atoms with van der Waals surface area (Å²) < 4.78 is 1.92. The minimum atomic E-state index is -0.454. The van der Waals surface area contributed by atoms with E-state index in [0.717, 1.165) is 49.5 Å². The first-order valence-corrected chi connectivity index (χ1v) is 8.59. The van der Waals surface area contributed by atoms with Crippen molar-refractivity contribution in [2.75, 3.05) is 18.0 Å². The second-order valence-corrected chi connectivity index (χ2v) is 7.28. The first kappa shape index (κ1) is 15.9. The van der Waals surface area contributed by atoms with Gasteiger partial charge in [0.25, 0.3) is 0 Å². The Labute approximate surface area is 145 Å². The van der Waals surface area contributed by atoms with Crippen LogP contribution in [0.2, 0.25) is 0 Å². The largest absolute Gasteiger partial charge is 0.355 e. The van der Waals surface area contributed by atoms with Gasteiger partial charge >= 0.3 is 0 Å². The van der Waals surface area contributed by atoms with E-state index in [1.807, 2.05) is 24.7 Å². The molecule has 0 aliphatic carbocycles. The Hall–Kier alpha value is -2.55. The number of piperidine rings is 1. The van der Waals surface area contributed by atoms with E-state index in [1.54, 1.807) is 12.7 Å². The van der Waals surface area contributed by atoms with Gasteiger partial charge in [-0.1, -0.05) is 5.21 Å². The highest BCUT2D eigenvalue weighted by molar-refractivity contribution is 5.82. The minimum Gasteiger partial charge on any atom is -0.355 e. The van der Waals surface area contributed by atoms with Gasteiger partial charge in [0, 0.05) is 19.6 Å². The lowest BCUT2D eigenvalue weighted by Gasteiger charge is -2.32. The summed E-state index contributed by atoms with van der Waals surface area (Å²) in [6, 6.07) is 0. The molecule has 3 N–H and O–H groups in total. The maximum absolute atomic E-state index is 6.08. The number of aromatic amines is 1. The lowest BCUT2D eigenvalue weighted by atomic mass is 9.96. The molecule has 0 unspecified atom stereocenters. The molecule has 1 aliphatic rings. The van der Waals surface area contributed by atoms with Crippen molar-refractivity contribution in [3.05, 3.63) is 24.5 Å². The molecule has 0 saturated carbocycles. The number of H-pyrrole nitrogens is 1. The van der Waals surface area contributed by atoms with Crippen molar-refractivity contribution in [2.45, 2.75) is 38.8 Å². The van der Waals surface area contributed by atoms with Gasteiger partial charge in [0.05, 0.1) is 18.1 Å². The molecule has 0 bridgehead atoms. The Bertz CT molecular complexity index is 852. The van der Waals surface area contributed by atoms with Gasteiger partial charge in [0.1, 0.15) is 17.5 Å². The van der Waals surface area contributed by atoms with Crippen molar-refractivity contribution in [1.29, 1.82) is 0 Å². The summed E-state index contributed by atoms with van der Waals surface area (Å²) in [5, 5.41) is 8.42. The molecule has 0 radical (unpaired) electrons. The zero-order valence-corrected chi connectivity index (χ0v) is 14.6. The average Bonchev–Trinajstić information content (AvgIpc) is 3.23. The van der Waals surface area contributed by atoms with Crippen LogP contribution in [-0.4, -0.2) is 48.0 Å². The van der Waals surface area contributed by atoms with Crippen LogP contribution in [0.25, 0.3) is 11.2 Å². The van der Waals surface area contributed by atoms with E-state index in [0.29, 0.717) is 11.6 Å². The smallest absolute Gasteiger partial charge is 0.182 e. The van der Waals surface area contributed by atoms with Crippen LogP contribution in [0.15, 0.2) is 18.9 Å². The van der Waals surface area contributed by atoms with E-state index in [-0.39, 0.29) is 0 Å². The molecule has 9 heteroatoms. The first-order valence-electron chi connectivity index (χ1n) is 8.59. The Morgan fingerprint density at radius 3 is 2.76 bits per heavy atom. The molecule has 1 saturated heterocycles. The van der Waals surface area contributed by atoms with Crippen LogP contribution in [0.3, 0.4) is 0 Å². The number of rotatable bonds is 4. The Kier molecular flexibility index (Phi) is 3.87. The molecule has 3 aromatic rings. The van der Waals surface area contributed by atoms with Gasteiger partial charge in [-0.2, -0.15) is 0 Å². The van der Waals surface area contributed by atoms with Gasteiger partial charge in [-0.15, -0.1) is 5.10 Å². The summed E-state index contributed by atoms with van der Waals surface area (Å²) >= 11 is 0. The van der Waals surface area contributed by atoms with Gasteiger partial charge in [-0.05, 0) is 32.6 Å². The molecule has 1 aliphatic heterocycles. The zero-order chi connectivity index (χ0) is 17.4. The Morgan fingerprint density at radius 1 is 1.24 bits per heavy atom. The van der Waals surface area contributed by atoms with Crippen LogP contribution in [0.1, 0.15) is 32.4 Å². The SMILES string of the molecule is CC(C)(N)c1cn(CC2CCN(c3ncnc4nc[nH]c34)CC2)nn1. The van der Waals surface area contributed by atoms with Crippen molar-refractivity contribution in [2.24, 2.45) is 11.7 Å². The van der Waals surface area contributed by atoms with Crippen molar-refractivity contribution in [3.63, 3.8) is 0 Å². The monoisotopic (exact) mass is 341 g/mol. The number of fused-ring (bicyclic) bond motifs is 1. The average molecular weight is 341 g/mol. The summed E-state index contributed by atoms with van der Waals surface area (Å²) in [6.07, 6.45) is 7.37. The minimum absolute atomic E-state index is 0.454. The highest BCUT2D eigenvalue weighted by atomic mass is 15.4. The topological polar surface area (TPSA) is 114 Å². The third-order valence-corrected chi connectivity index (χ3v) is 4.76. The second-order valence-electron chi connectivity index (χ2n) is 7.28. The number of hydrogen-bond donors (Lipinski definition) is 2. The summed E-state index contributed by atoms with van der Waals surface area (Å²) in [5.74, 6) is 1.51. The maximum atomic E-state index is 6.08. The van der Waals surface area contributed by atoms with Gasteiger partial charge in [0.15, 0.2) is 11.5 Å². The van der Waals surface area contributed by atoms with Gasteiger partial charge < -0.3 is 15.6 Å². The van der Waals surface area contributed by atoms with Crippen LogP contribution in [0, 0.1) is 5.92 Å². The van der Waals surface area contributed by atoms with E-state index >= 15 is 0 Å².